The van der Waals surface area contributed by atoms with Crippen molar-refractivity contribution in [1.29, 1.82) is 0 Å². The summed E-state index contributed by atoms with van der Waals surface area (Å²) in [4.78, 5) is 63.9. The number of carbonyl (C=O) groups is 5. The molecule has 0 aliphatic heterocycles. The van der Waals surface area contributed by atoms with Crippen molar-refractivity contribution in [1.82, 2.24) is 5.32 Å². The molecule has 0 heterocycles. The quantitative estimate of drug-likeness (QED) is 0.175. The van der Waals surface area contributed by atoms with Crippen molar-refractivity contribution in [2.75, 3.05) is 13.6 Å². The van der Waals surface area contributed by atoms with Crippen LogP contribution in [0.15, 0.2) is 18.2 Å². The van der Waals surface area contributed by atoms with E-state index >= 15 is 0 Å². The number of aliphatic hydroxyl groups is 1. The molecule has 1 aromatic rings. The van der Waals surface area contributed by atoms with Crippen LogP contribution in [-0.4, -0.2) is 84.6 Å². The molecule has 2 saturated carbocycles. The van der Waals surface area contributed by atoms with Gasteiger partial charge in [-0.3, -0.25) is 4.79 Å². The van der Waals surface area contributed by atoms with Crippen LogP contribution in [0.1, 0.15) is 54.0 Å². The van der Waals surface area contributed by atoms with Gasteiger partial charge in [0.15, 0.2) is 5.54 Å². The molecular formula is C30H39Cl2NO14. The van der Waals surface area contributed by atoms with Crippen LogP contribution in [0.25, 0.3) is 0 Å². The summed E-state index contributed by atoms with van der Waals surface area (Å²) < 4.78 is 41.0. The average Bonchev–Trinajstić information content (AvgIpc) is 3.63. The highest BCUT2D eigenvalue weighted by Crippen LogP contribution is 2.64. The third kappa shape index (κ3) is 9.75. The molecule has 3 rings (SSSR count). The summed E-state index contributed by atoms with van der Waals surface area (Å²) in [6, 6.07) is 4.62. The maximum Gasteiger partial charge on any atom is 0.511 e. The van der Waals surface area contributed by atoms with Gasteiger partial charge in [0.05, 0.1) is 40.9 Å². The molecule has 17 heteroatoms. The van der Waals surface area contributed by atoms with E-state index in [1.54, 1.807) is 54.5 Å². The number of aliphatic hydroxyl groups excluding tert-OH is 1. The monoisotopic (exact) mass is 707 g/mol. The summed E-state index contributed by atoms with van der Waals surface area (Å²) in [6.07, 6.45) is -7.43. The summed E-state index contributed by atoms with van der Waals surface area (Å²) in [5.41, 5.74) is -2.82. The molecule has 2 N–H and O–H groups in total. The van der Waals surface area contributed by atoms with Gasteiger partial charge in [0.2, 0.25) is 13.6 Å². The Kier molecular flexibility index (Phi) is 12.6. The van der Waals surface area contributed by atoms with E-state index in [1.807, 2.05) is 0 Å². The van der Waals surface area contributed by atoms with Gasteiger partial charge in [-0.2, -0.15) is 0 Å². The third-order valence-corrected chi connectivity index (χ3v) is 7.63. The smallest absolute Gasteiger partial charge is 0.444 e. The molecule has 1 amide bonds. The van der Waals surface area contributed by atoms with Gasteiger partial charge >= 0.3 is 30.3 Å². The summed E-state index contributed by atoms with van der Waals surface area (Å²) in [5, 5.41) is 14.4. The number of nitrogens with one attached hydrogen (secondary N) is 1. The summed E-state index contributed by atoms with van der Waals surface area (Å²) >= 11 is 12.1. The normalized spacial score (nSPS) is 24.6. The SMILES string of the molecule is CC(C)OC(=O)OCOC(=O)C1C2C(O)C(OCc3ccc(Cl)c(Cl)c3)C(NC(=O)OC(C)(C)C)(C(=O)OCOC(=O)OC(C)C)C12. The fraction of sp³-hybridized carbons (Fsp3) is 0.633. The highest BCUT2D eigenvalue weighted by atomic mass is 35.5. The second kappa shape index (κ2) is 15.6. The number of hydrogen-bond donors (Lipinski definition) is 2. The second-order valence-corrected chi connectivity index (χ2v) is 13.2. The number of benzene rings is 1. The Morgan fingerprint density at radius 2 is 1.47 bits per heavy atom. The van der Waals surface area contributed by atoms with E-state index in [2.05, 4.69) is 5.32 Å². The van der Waals surface area contributed by atoms with Crippen LogP contribution in [0.2, 0.25) is 10.0 Å². The molecule has 2 aliphatic rings. The molecular weight excluding hydrogens is 669 g/mol. The van der Waals surface area contributed by atoms with Crippen molar-refractivity contribution in [3.63, 3.8) is 0 Å². The summed E-state index contributed by atoms with van der Waals surface area (Å²) in [6.45, 7) is 9.08. The minimum absolute atomic E-state index is 0.216. The fourth-order valence-electron chi connectivity index (χ4n) is 5.22. The standard InChI is InChI=1S/C30H39Cl2NO14/c1-14(2)45-27(38)43-12-41-24(35)20-19-21(20)30(33-26(37)47-29(5,6)7,25(36)42-13-44-28(39)46-15(3)4)23(22(19)34)40-11-16-8-9-17(31)18(32)10-16/h8-10,14-15,19-23,34H,11-13H2,1-7H3,(H,33,37). The number of alkyl carbamates (subject to hydrolysis) is 1. The zero-order valence-electron chi connectivity index (χ0n) is 26.9. The van der Waals surface area contributed by atoms with Gasteiger partial charge in [-0.05, 0) is 66.2 Å². The molecule has 6 unspecified atom stereocenters. The number of halogens is 2. The topological polar surface area (TPSA) is 191 Å². The van der Waals surface area contributed by atoms with Gasteiger partial charge in [-0.25, -0.2) is 19.2 Å². The minimum atomic E-state index is -2.28. The summed E-state index contributed by atoms with van der Waals surface area (Å²) in [7, 11) is 0. The van der Waals surface area contributed by atoms with Crippen molar-refractivity contribution in [3.05, 3.63) is 33.8 Å². The van der Waals surface area contributed by atoms with Gasteiger partial charge < -0.3 is 48.3 Å². The average molecular weight is 709 g/mol. The van der Waals surface area contributed by atoms with Gasteiger partial charge in [0.1, 0.15) is 11.7 Å². The molecule has 15 nitrogen and oxygen atoms in total. The Bertz CT molecular complexity index is 1330. The van der Waals surface area contributed by atoms with Crippen molar-refractivity contribution >= 4 is 53.5 Å². The van der Waals surface area contributed by atoms with E-state index in [9.17, 15) is 29.1 Å². The first-order chi connectivity index (χ1) is 21.9. The van der Waals surface area contributed by atoms with Gasteiger partial charge in [0.25, 0.3) is 0 Å². The molecule has 0 aromatic heterocycles. The molecule has 6 atom stereocenters. The Hall–Kier alpha value is -3.53. The Morgan fingerprint density at radius 1 is 0.894 bits per heavy atom. The first-order valence-corrected chi connectivity index (χ1v) is 15.4. The zero-order chi connectivity index (χ0) is 35.3. The molecule has 0 bridgehead atoms. The van der Waals surface area contributed by atoms with Crippen LogP contribution in [-0.2, 0) is 54.1 Å². The molecule has 2 aliphatic carbocycles. The van der Waals surface area contributed by atoms with Crippen LogP contribution in [0, 0.1) is 17.8 Å². The molecule has 1 aromatic carbocycles. The van der Waals surface area contributed by atoms with E-state index in [1.165, 1.54) is 12.1 Å². The van der Waals surface area contributed by atoms with E-state index < -0.39 is 97.2 Å². The number of fused-ring (bicyclic) bond motifs is 1. The fourth-order valence-corrected chi connectivity index (χ4v) is 5.54. The van der Waals surface area contributed by atoms with Crippen molar-refractivity contribution in [2.45, 2.75) is 90.6 Å². The third-order valence-electron chi connectivity index (χ3n) is 6.89. The lowest BCUT2D eigenvalue weighted by atomic mass is 9.86. The van der Waals surface area contributed by atoms with Crippen LogP contribution < -0.4 is 5.32 Å². The largest absolute Gasteiger partial charge is 0.511 e. The van der Waals surface area contributed by atoms with Crippen LogP contribution in [0.5, 0.6) is 0 Å². The molecule has 47 heavy (non-hydrogen) atoms. The van der Waals surface area contributed by atoms with Gasteiger partial charge in [0, 0.05) is 11.8 Å². The predicted octanol–water partition coefficient (Wildman–Crippen LogP) is 4.50. The van der Waals surface area contributed by atoms with Crippen molar-refractivity contribution < 1.29 is 67.0 Å². The molecule has 262 valence electrons. The van der Waals surface area contributed by atoms with E-state index in [0.717, 1.165) is 0 Å². The summed E-state index contributed by atoms with van der Waals surface area (Å²) in [5.74, 6) is -5.56. The number of rotatable bonds is 12. The van der Waals surface area contributed by atoms with E-state index in [0.29, 0.717) is 5.56 Å². The highest BCUT2D eigenvalue weighted by Gasteiger charge is 2.81. The first-order valence-electron chi connectivity index (χ1n) is 14.6. The first kappa shape index (κ1) is 37.9. The Labute approximate surface area is 281 Å². The number of ether oxygens (including phenoxy) is 8. The van der Waals surface area contributed by atoms with E-state index in [4.69, 9.17) is 61.1 Å². The predicted molar refractivity (Wildman–Crippen MR) is 161 cm³/mol. The molecule has 2 fully saturated rings. The number of carbonyl (C=O) groups excluding carboxylic acids is 5. The van der Waals surface area contributed by atoms with E-state index in [-0.39, 0.29) is 16.7 Å². The van der Waals surface area contributed by atoms with Gasteiger partial charge in [-0.1, -0.05) is 29.3 Å². The highest BCUT2D eigenvalue weighted by molar-refractivity contribution is 6.42. The maximum atomic E-state index is 14.0. The number of hydrogen-bond acceptors (Lipinski definition) is 14. The lowest BCUT2D eigenvalue weighted by Gasteiger charge is -2.38. The van der Waals surface area contributed by atoms with Gasteiger partial charge in [-0.15, -0.1) is 0 Å². The lowest BCUT2D eigenvalue weighted by Crippen LogP contribution is -2.66. The molecule has 0 radical (unpaired) electrons. The second-order valence-electron chi connectivity index (χ2n) is 12.3. The van der Waals surface area contributed by atoms with Crippen molar-refractivity contribution in [2.24, 2.45) is 17.8 Å². The minimum Gasteiger partial charge on any atom is -0.444 e. The number of amides is 1. The van der Waals surface area contributed by atoms with Crippen LogP contribution in [0.3, 0.4) is 0 Å². The lowest BCUT2D eigenvalue weighted by molar-refractivity contribution is -0.176. The number of esters is 2. The van der Waals surface area contributed by atoms with Crippen LogP contribution in [0.4, 0.5) is 14.4 Å². The zero-order valence-corrected chi connectivity index (χ0v) is 28.4. The van der Waals surface area contributed by atoms with Crippen molar-refractivity contribution in [3.8, 4) is 0 Å². The molecule has 0 spiro atoms. The van der Waals surface area contributed by atoms with Crippen LogP contribution >= 0.6 is 23.2 Å². The Balaban J connectivity index is 1.93. The maximum absolute atomic E-state index is 14.0. The Morgan fingerprint density at radius 3 is 2.00 bits per heavy atom. The molecule has 0 saturated heterocycles.